The van der Waals surface area contributed by atoms with Gasteiger partial charge in [-0.15, -0.1) is 0 Å². The van der Waals surface area contributed by atoms with E-state index in [1.165, 1.54) is 38.2 Å². The van der Waals surface area contributed by atoms with Gasteiger partial charge in [-0.2, -0.15) is 0 Å². The lowest BCUT2D eigenvalue weighted by atomic mass is 9.89. The van der Waals surface area contributed by atoms with Crippen molar-refractivity contribution < 1.29 is 4.39 Å². The second kappa shape index (κ2) is 4.84. The maximum Gasteiger partial charge on any atom is 0.178 e. The van der Waals surface area contributed by atoms with Gasteiger partial charge in [-0.25, -0.2) is 4.39 Å². The molecule has 0 unspecified atom stereocenters. The van der Waals surface area contributed by atoms with Crippen LogP contribution in [-0.2, 0) is 6.54 Å². The molecule has 0 spiro atoms. The summed E-state index contributed by atoms with van der Waals surface area (Å²) in [4.78, 5) is 3.15. The Hall–Kier alpha value is -1.16. The van der Waals surface area contributed by atoms with Crippen molar-refractivity contribution in [1.29, 1.82) is 0 Å². The van der Waals surface area contributed by atoms with Crippen molar-refractivity contribution in [2.45, 2.75) is 38.6 Å². The van der Waals surface area contributed by atoms with E-state index in [-0.39, 0.29) is 5.82 Å². The SMILES string of the molecule is Fc1ccc2[nH]c(=S)n(CC3CCCCC3)c2c1. The number of imidazole rings is 1. The number of hydrogen-bond acceptors (Lipinski definition) is 1. The second-order valence-corrected chi connectivity index (χ2v) is 5.59. The van der Waals surface area contributed by atoms with Gasteiger partial charge in [0, 0.05) is 6.54 Å². The van der Waals surface area contributed by atoms with Crippen LogP contribution in [0.25, 0.3) is 11.0 Å². The van der Waals surface area contributed by atoms with Gasteiger partial charge in [0.25, 0.3) is 0 Å². The topological polar surface area (TPSA) is 20.7 Å². The minimum absolute atomic E-state index is 0.200. The van der Waals surface area contributed by atoms with Gasteiger partial charge in [0.05, 0.1) is 11.0 Å². The minimum atomic E-state index is -0.200. The molecular weight excluding hydrogens is 247 g/mol. The first kappa shape index (κ1) is 11.9. The number of aromatic nitrogens is 2. The molecule has 0 bridgehead atoms. The molecule has 3 rings (SSSR count). The molecule has 2 nitrogen and oxygen atoms in total. The van der Waals surface area contributed by atoms with Crippen molar-refractivity contribution in [2.75, 3.05) is 0 Å². The summed E-state index contributed by atoms with van der Waals surface area (Å²) in [6, 6.07) is 4.81. The molecule has 1 N–H and O–H groups in total. The fourth-order valence-corrected chi connectivity index (χ4v) is 3.22. The molecule has 96 valence electrons. The van der Waals surface area contributed by atoms with Crippen LogP contribution in [-0.4, -0.2) is 9.55 Å². The highest BCUT2D eigenvalue weighted by Crippen LogP contribution is 2.26. The molecule has 1 aliphatic carbocycles. The molecule has 2 aromatic rings. The average Bonchev–Trinajstić information content (AvgIpc) is 2.67. The van der Waals surface area contributed by atoms with Crippen molar-refractivity contribution in [3.63, 3.8) is 0 Å². The Kier molecular flexibility index (Phi) is 3.20. The first-order chi connectivity index (χ1) is 8.74. The van der Waals surface area contributed by atoms with Crippen molar-refractivity contribution in [3.05, 3.63) is 28.8 Å². The number of aromatic amines is 1. The van der Waals surface area contributed by atoms with Gasteiger partial charge < -0.3 is 9.55 Å². The van der Waals surface area contributed by atoms with Crippen molar-refractivity contribution in [3.8, 4) is 0 Å². The number of fused-ring (bicyclic) bond motifs is 1. The van der Waals surface area contributed by atoms with Crippen LogP contribution in [0.15, 0.2) is 18.2 Å². The molecule has 0 amide bonds. The summed E-state index contributed by atoms with van der Waals surface area (Å²) < 4.78 is 16.1. The molecule has 4 heteroatoms. The third-order valence-electron chi connectivity index (χ3n) is 3.90. The predicted octanol–water partition coefficient (Wildman–Crippen LogP) is 4.42. The zero-order chi connectivity index (χ0) is 12.5. The Morgan fingerprint density at radius 3 is 2.83 bits per heavy atom. The zero-order valence-corrected chi connectivity index (χ0v) is 11.1. The monoisotopic (exact) mass is 264 g/mol. The van der Waals surface area contributed by atoms with Gasteiger partial charge in [-0.1, -0.05) is 19.3 Å². The molecule has 1 heterocycles. The molecule has 0 saturated heterocycles. The molecule has 0 radical (unpaired) electrons. The zero-order valence-electron chi connectivity index (χ0n) is 10.3. The maximum atomic E-state index is 13.3. The van der Waals surface area contributed by atoms with Crippen molar-refractivity contribution in [1.82, 2.24) is 9.55 Å². The van der Waals surface area contributed by atoms with Crippen LogP contribution in [0, 0.1) is 16.5 Å². The number of benzene rings is 1. The standard InChI is InChI=1S/C14H17FN2S/c15-11-6-7-12-13(8-11)17(14(18)16-12)9-10-4-2-1-3-5-10/h6-8,10H,1-5,9H2,(H,16,18). The average molecular weight is 264 g/mol. The first-order valence-corrected chi connectivity index (χ1v) is 7.03. The van der Waals surface area contributed by atoms with Gasteiger partial charge in [0.15, 0.2) is 4.77 Å². The number of nitrogens with zero attached hydrogens (tertiary/aromatic N) is 1. The van der Waals surface area contributed by atoms with Crippen LogP contribution in [0.2, 0.25) is 0 Å². The number of hydrogen-bond donors (Lipinski definition) is 1. The third kappa shape index (κ3) is 2.21. The van der Waals surface area contributed by atoms with Crippen LogP contribution >= 0.6 is 12.2 Å². The van der Waals surface area contributed by atoms with Gasteiger partial charge in [0.2, 0.25) is 0 Å². The van der Waals surface area contributed by atoms with E-state index in [0.29, 0.717) is 10.7 Å². The van der Waals surface area contributed by atoms with Crippen LogP contribution in [0.3, 0.4) is 0 Å². The lowest BCUT2D eigenvalue weighted by molar-refractivity contribution is 0.321. The molecule has 0 aliphatic heterocycles. The smallest absolute Gasteiger partial charge is 0.178 e. The van der Waals surface area contributed by atoms with E-state index in [4.69, 9.17) is 12.2 Å². The van der Waals surface area contributed by atoms with Gasteiger partial charge >= 0.3 is 0 Å². The largest absolute Gasteiger partial charge is 0.331 e. The molecule has 1 aromatic carbocycles. The number of H-pyrrole nitrogens is 1. The third-order valence-corrected chi connectivity index (χ3v) is 4.23. The minimum Gasteiger partial charge on any atom is -0.331 e. The van der Waals surface area contributed by atoms with E-state index in [0.717, 1.165) is 17.6 Å². The summed E-state index contributed by atoms with van der Waals surface area (Å²) in [6.07, 6.45) is 6.52. The van der Waals surface area contributed by atoms with Crippen LogP contribution in [0.1, 0.15) is 32.1 Å². The normalized spacial score (nSPS) is 17.4. The van der Waals surface area contributed by atoms with E-state index in [1.54, 1.807) is 12.1 Å². The fraction of sp³-hybridized carbons (Fsp3) is 0.500. The van der Waals surface area contributed by atoms with Crippen LogP contribution in [0.4, 0.5) is 4.39 Å². The summed E-state index contributed by atoms with van der Waals surface area (Å²) in [5, 5.41) is 0. The second-order valence-electron chi connectivity index (χ2n) is 5.21. The maximum absolute atomic E-state index is 13.3. The number of nitrogens with one attached hydrogen (secondary N) is 1. The molecule has 18 heavy (non-hydrogen) atoms. The summed E-state index contributed by atoms with van der Waals surface area (Å²) >= 11 is 5.35. The lowest BCUT2D eigenvalue weighted by Gasteiger charge is -2.22. The molecule has 1 aromatic heterocycles. The Labute approximate surface area is 111 Å². The number of rotatable bonds is 2. The predicted molar refractivity (Wildman–Crippen MR) is 73.7 cm³/mol. The van der Waals surface area contributed by atoms with E-state index in [1.807, 2.05) is 0 Å². The van der Waals surface area contributed by atoms with Gasteiger partial charge in [0.1, 0.15) is 5.82 Å². The molecular formula is C14H17FN2S. The highest BCUT2D eigenvalue weighted by atomic mass is 32.1. The van der Waals surface area contributed by atoms with Gasteiger partial charge in [-0.05, 0) is 49.2 Å². The highest BCUT2D eigenvalue weighted by molar-refractivity contribution is 7.71. The van der Waals surface area contributed by atoms with E-state index in [2.05, 4.69) is 9.55 Å². The Morgan fingerprint density at radius 1 is 1.28 bits per heavy atom. The van der Waals surface area contributed by atoms with E-state index >= 15 is 0 Å². The van der Waals surface area contributed by atoms with Crippen LogP contribution < -0.4 is 0 Å². The first-order valence-electron chi connectivity index (χ1n) is 6.62. The van der Waals surface area contributed by atoms with Crippen molar-refractivity contribution in [2.24, 2.45) is 5.92 Å². The number of halogens is 1. The van der Waals surface area contributed by atoms with Gasteiger partial charge in [-0.3, -0.25) is 0 Å². The van der Waals surface area contributed by atoms with Crippen LogP contribution in [0.5, 0.6) is 0 Å². The quantitative estimate of drug-likeness (QED) is 0.796. The molecule has 1 saturated carbocycles. The fourth-order valence-electron chi connectivity index (χ4n) is 2.94. The van der Waals surface area contributed by atoms with Crippen molar-refractivity contribution >= 4 is 23.3 Å². The Balaban J connectivity index is 1.97. The summed E-state index contributed by atoms with van der Waals surface area (Å²) in [7, 11) is 0. The molecule has 1 aliphatic rings. The summed E-state index contributed by atoms with van der Waals surface area (Å²) in [5.41, 5.74) is 1.82. The molecule has 0 atom stereocenters. The summed E-state index contributed by atoms with van der Waals surface area (Å²) in [6.45, 7) is 0.919. The highest BCUT2D eigenvalue weighted by Gasteiger charge is 2.16. The van der Waals surface area contributed by atoms with E-state index in [9.17, 15) is 4.39 Å². The lowest BCUT2D eigenvalue weighted by Crippen LogP contribution is -2.14. The van der Waals surface area contributed by atoms with E-state index < -0.39 is 0 Å². The summed E-state index contributed by atoms with van der Waals surface area (Å²) in [5.74, 6) is 0.488. The molecule has 1 fully saturated rings. The Bertz CT molecular complexity index is 608. The Morgan fingerprint density at radius 2 is 2.06 bits per heavy atom.